The first-order valence-corrected chi connectivity index (χ1v) is 9.02. The molecule has 5 heteroatoms. The molecule has 0 atom stereocenters. The molecule has 5 nitrogen and oxygen atoms in total. The molecular weight excluding hydrogens is 352 g/mol. The fourth-order valence-corrected chi connectivity index (χ4v) is 2.73. The van der Waals surface area contributed by atoms with Gasteiger partial charge in [0.2, 0.25) is 0 Å². The fourth-order valence-electron chi connectivity index (χ4n) is 2.73. The van der Waals surface area contributed by atoms with E-state index < -0.39 is 6.09 Å². The smallest absolute Gasteiger partial charge is 0.407 e. The minimum Gasteiger partial charge on any atom is -0.445 e. The van der Waals surface area contributed by atoms with Gasteiger partial charge in [-0.25, -0.2) is 4.79 Å². The van der Waals surface area contributed by atoms with E-state index in [-0.39, 0.29) is 18.8 Å². The van der Waals surface area contributed by atoms with Gasteiger partial charge in [-0.3, -0.25) is 4.79 Å². The van der Waals surface area contributed by atoms with E-state index >= 15 is 0 Å². The van der Waals surface area contributed by atoms with E-state index in [1.165, 1.54) is 0 Å². The van der Waals surface area contributed by atoms with Crippen molar-refractivity contribution in [2.45, 2.75) is 19.6 Å². The zero-order valence-electron chi connectivity index (χ0n) is 15.4. The van der Waals surface area contributed by atoms with Crippen LogP contribution in [0.1, 0.15) is 27.0 Å². The molecule has 0 saturated heterocycles. The monoisotopic (exact) mass is 374 g/mol. The summed E-state index contributed by atoms with van der Waals surface area (Å²) in [6.45, 7) is 0.552. The fraction of sp³-hybridized carbons (Fsp3) is 0.130. The molecule has 0 bridgehead atoms. The van der Waals surface area contributed by atoms with Crippen LogP contribution in [-0.2, 0) is 24.3 Å². The molecule has 1 amide bonds. The van der Waals surface area contributed by atoms with Gasteiger partial charge in [-0.05, 0) is 22.8 Å². The zero-order chi connectivity index (χ0) is 19.8. The minimum absolute atomic E-state index is 0.000296. The average molecular weight is 374 g/mol. The van der Waals surface area contributed by atoms with Gasteiger partial charge in [0.1, 0.15) is 6.61 Å². The molecule has 0 aliphatic rings. The first-order chi connectivity index (χ1) is 13.6. The zero-order valence-corrected chi connectivity index (χ0v) is 15.4. The van der Waals surface area contributed by atoms with E-state index in [1.54, 1.807) is 18.2 Å². The summed E-state index contributed by atoms with van der Waals surface area (Å²) >= 11 is 0. The number of nitrogens with two attached hydrogens (primary N) is 1. The van der Waals surface area contributed by atoms with E-state index in [2.05, 4.69) is 5.32 Å². The van der Waals surface area contributed by atoms with Gasteiger partial charge in [0.05, 0.1) is 0 Å². The molecule has 0 heterocycles. The molecule has 0 spiro atoms. The van der Waals surface area contributed by atoms with Crippen molar-refractivity contribution in [2.24, 2.45) is 0 Å². The Morgan fingerprint density at radius 1 is 0.821 bits per heavy atom. The summed E-state index contributed by atoms with van der Waals surface area (Å²) < 4.78 is 5.17. The molecule has 0 unspecified atom stereocenters. The SMILES string of the molecule is Nc1ccccc1CC(=O)c1ccc(CNC(=O)OCc2ccccc2)cc1. The number of hydrogen-bond acceptors (Lipinski definition) is 4. The van der Waals surface area contributed by atoms with Gasteiger partial charge in [0.15, 0.2) is 5.78 Å². The molecular formula is C23H22N2O3. The van der Waals surface area contributed by atoms with E-state index in [0.717, 1.165) is 16.7 Å². The lowest BCUT2D eigenvalue weighted by molar-refractivity contribution is 0.0993. The molecule has 0 fully saturated rings. The summed E-state index contributed by atoms with van der Waals surface area (Å²) in [5.41, 5.74) is 9.75. The second kappa shape index (κ2) is 9.37. The van der Waals surface area contributed by atoms with Gasteiger partial charge in [0.25, 0.3) is 0 Å². The van der Waals surface area contributed by atoms with Crippen LogP contribution < -0.4 is 11.1 Å². The van der Waals surface area contributed by atoms with Crippen molar-refractivity contribution in [1.82, 2.24) is 5.32 Å². The highest BCUT2D eigenvalue weighted by Crippen LogP contribution is 2.15. The number of carbonyl (C=O) groups is 2. The van der Waals surface area contributed by atoms with Crippen molar-refractivity contribution in [3.63, 3.8) is 0 Å². The molecule has 0 aromatic heterocycles. The quantitative estimate of drug-likeness (QED) is 0.481. The number of rotatable bonds is 7. The molecule has 142 valence electrons. The first kappa shape index (κ1) is 19.2. The number of ether oxygens (including phenoxy) is 1. The Kier molecular flexibility index (Phi) is 6.41. The molecule has 0 saturated carbocycles. The molecule has 0 aliphatic heterocycles. The van der Waals surface area contributed by atoms with Gasteiger partial charge < -0.3 is 15.8 Å². The summed E-state index contributed by atoms with van der Waals surface area (Å²) in [6, 6.07) is 24.0. The lowest BCUT2D eigenvalue weighted by Gasteiger charge is -2.08. The third kappa shape index (κ3) is 5.45. The van der Waals surface area contributed by atoms with E-state index in [9.17, 15) is 9.59 Å². The van der Waals surface area contributed by atoms with E-state index in [0.29, 0.717) is 17.8 Å². The Balaban J connectivity index is 1.48. The maximum Gasteiger partial charge on any atom is 0.407 e. The summed E-state index contributed by atoms with van der Waals surface area (Å²) in [5.74, 6) is -0.000296. The lowest BCUT2D eigenvalue weighted by Crippen LogP contribution is -2.23. The van der Waals surface area contributed by atoms with Gasteiger partial charge in [-0.1, -0.05) is 72.8 Å². The molecule has 3 N–H and O–H groups in total. The van der Waals surface area contributed by atoms with Crippen molar-refractivity contribution in [3.8, 4) is 0 Å². The Bertz CT molecular complexity index is 938. The van der Waals surface area contributed by atoms with Crippen LogP contribution in [0.4, 0.5) is 10.5 Å². The van der Waals surface area contributed by atoms with Crippen LogP contribution in [0, 0.1) is 0 Å². The van der Waals surface area contributed by atoms with Crippen LogP contribution >= 0.6 is 0 Å². The second-order valence-corrected chi connectivity index (χ2v) is 6.41. The maximum absolute atomic E-state index is 12.4. The van der Waals surface area contributed by atoms with Crippen LogP contribution in [0.3, 0.4) is 0 Å². The molecule has 0 aliphatic carbocycles. The van der Waals surface area contributed by atoms with Gasteiger partial charge in [0, 0.05) is 24.2 Å². The molecule has 0 radical (unpaired) electrons. The van der Waals surface area contributed by atoms with Crippen molar-refractivity contribution < 1.29 is 14.3 Å². The highest BCUT2D eigenvalue weighted by Gasteiger charge is 2.09. The number of nitrogens with one attached hydrogen (secondary N) is 1. The summed E-state index contributed by atoms with van der Waals surface area (Å²) in [5, 5.41) is 2.70. The number of para-hydroxylation sites is 1. The van der Waals surface area contributed by atoms with Gasteiger partial charge >= 0.3 is 6.09 Å². The number of amides is 1. The number of ketones is 1. The number of carbonyl (C=O) groups excluding carboxylic acids is 2. The predicted octanol–water partition coefficient (Wildman–Crippen LogP) is 4.12. The third-order valence-electron chi connectivity index (χ3n) is 4.33. The Labute approximate surface area is 164 Å². The van der Waals surface area contributed by atoms with Crippen molar-refractivity contribution in [2.75, 3.05) is 5.73 Å². The van der Waals surface area contributed by atoms with Crippen molar-refractivity contribution in [1.29, 1.82) is 0 Å². The van der Waals surface area contributed by atoms with E-state index in [4.69, 9.17) is 10.5 Å². The third-order valence-corrected chi connectivity index (χ3v) is 4.33. The Morgan fingerprint density at radius 3 is 2.21 bits per heavy atom. The standard InChI is InChI=1S/C23H22N2O3/c24-21-9-5-4-8-20(21)14-22(26)19-12-10-17(11-13-19)15-25-23(27)28-16-18-6-2-1-3-7-18/h1-13H,14-16,24H2,(H,25,27). The number of anilines is 1. The molecule has 3 aromatic carbocycles. The van der Waals surface area contributed by atoms with Crippen LogP contribution in [0.25, 0.3) is 0 Å². The van der Waals surface area contributed by atoms with Crippen LogP contribution in [0.5, 0.6) is 0 Å². The summed E-state index contributed by atoms with van der Waals surface area (Å²) in [7, 11) is 0. The summed E-state index contributed by atoms with van der Waals surface area (Å²) in [4.78, 5) is 24.2. The number of nitrogen functional groups attached to an aromatic ring is 1. The number of alkyl carbamates (subject to hydrolysis) is 1. The summed E-state index contributed by atoms with van der Waals surface area (Å²) in [6.07, 6.45) is -0.223. The number of hydrogen-bond donors (Lipinski definition) is 2. The minimum atomic E-state index is -0.483. The topological polar surface area (TPSA) is 81.4 Å². The van der Waals surface area contributed by atoms with Crippen molar-refractivity contribution >= 4 is 17.6 Å². The van der Waals surface area contributed by atoms with Crippen LogP contribution in [0.2, 0.25) is 0 Å². The van der Waals surface area contributed by atoms with Gasteiger partial charge in [-0.15, -0.1) is 0 Å². The normalized spacial score (nSPS) is 10.3. The largest absolute Gasteiger partial charge is 0.445 e. The Hall–Kier alpha value is -3.60. The van der Waals surface area contributed by atoms with Gasteiger partial charge in [-0.2, -0.15) is 0 Å². The average Bonchev–Trinajstić information content (AvgIpc) is 2.73. The first-order valence-electron chi connectivity index (χ1n) is 9.02. The van der Waals surface area contributed by atoms with E-state index in [1.807, 2.05) is 60.7 Å². The lowest BCUT2D eigenvalue weighted by atomic mass is 10.0. The second-order valence-electron chi connectivity index (χ2n) is 6.41. The molecule has 28 heavy (non-hydrogen) atoms. The number of benzene rings is 3. The molecule has 3 rings (SSSR count). The maximum atomic E-state index is 12.4. The molecule has 3 aromatic rings. The highest BCUT2D eigenvalue weighted by atomic mass is 16.5. The van der Waals surface area contributed by atoms with Crippen molar-refractivity contribution in [3.05, 3.63) is 101 Å². The predicted molar refractivity (Wildman–Crippen MR) is 109 cm³/mol. The van der Waals surface area contributed by atoms with Crippen LogP contribution in [-0.4, -0.2) is 11.9 Å². The Morgan fingerprint density at radius 2 is 1.50 bits per heavy atom. The number of Topliss-reactive ketones (excluding diaryl/α,β-unsaturated/α-hetero) is 1. The highest BCUT2D eigenvalue weighted by molar-refractivity contribution is 5.98. The van der Waals surface area contributed by atoms with Crippen LogP contribution in [0.15, 0.2) is 78.9 Å².